The molecule has 0 aliphatic heterocycles. The SMILES string of the molecule is CCNC(C#N)(CC)CCCN(CCOC)C(C)C1CC1. The summed E-state index contributed by atoms with van der Waals surface area (Å²) in [6, 6.07) is 3.14. The zero-order valence-electron chi connectivity index (χ0n) is 14.3. The van der Waals surface area contributed by atoms with Crippen LogP contribution in [0.3, 0.4) is 0 Å². The lowest BCUT2D eigenvalue weighted by molar-refractivity contribution is 0.113. The quantitative estimate of drug-likeness (QED) is 0.601. The Hall–Kier alpha value is -0.630. The van der Waals surface area contributed by atoms with E-state index in [0.29, 0.717) is 6.04 Å². The summed E-state index contributed by atoms with van der Waals surface area (Å²) >= 11 is 0. The first-order chi connectivity index (χ1) is 10.1. The fraction of sp³-hybridized carbons (Fsp3) is 0.941. The summed E-state index contributed by atoms with van der Waals surface area (Å²) in [5, 5.41) is 12.8. The van der Waals surface area contributed by atoms with E-state index in [4.69, 9.17) is 4.74 Å². The van der Waals surface area contributed by atoms with Crippen LogP contribution in [0.5, 0.6) is 0 Å². The highest BCUT2D eigenvalue weighted by molar-refractivity contribution is 5.06. The Morgan fingerprint density at radius 2 is 2.10 bits per heavy atom. The maximum absolute atomic E-state index is 9.48. The molecule has 0 amide bonds. The Morgan fingerprint density at radius 3 is 2.57 bits per heavy atom. The molecule has 122 valence electrons. The van der Waals surface area contributed by atoms with E-state index >= 15 is 0 Å². The van der Waals surface area contributed by atoms with Crippen molar-refractivity contribution in [2.75, 3.05) is 33.4 Å². The van der Waals surface area contributed by atoms with Gasteiger partial charge in [-0.25, -0.2) is 0 Å². The number of methoxy groups -OCH3 is 1. The van der Waals surface area contributed by atoms with Crippen LogP contribution in [0.15, 0.2) is 0 Å². The number of hydrogen-bond acceptors (Lipinski definition) is 4. The molecule has 0 aromatic carbocycles. The first-order valence-electron chi connectivity index (χ1n) is 8.51. The van der Waals surface area contributed by atoms with Crippen molar-refractivity contribution in [1.29, 1.82) is 5.26 Å². The summed E-state index contributed by atoms with van der Waals surface area (Å²) in [4.78, 5) is 2.55. The monoisotopic (exact) mass is 295 g/mol. The molecule has 1 fully saturated rings. The van der Waals surface area contributed by atoms with Crippen LogP contribution in [0, 0.1) is 17.2 Å². The van der Waals surface area contributed by atoms with Gasteiger partial charge in [0.05, 0.1) is 12.7 Å². The number of nitrogens with zero attached hydrogens (tertiary/aromatic N) is 2. The number of nitriles is 1. The van der Waals surface area contributed by atoms with Crippen molar-refractivity contribution in [3.63, 3.8) is 0 Å². The highest BCUT2D eigenvalue weighted by Crippen LogP contribution is 2.35. The smallest absolute Gasteiger partial charge is 0.106 e. The third-order valence-corrected chi connectivity index (χ3v) is 4.84. The molecule has 1 saturated carbocycles. The third-order valence-electron chi connectivity index (χ3n) is 4.84. The molecule has 1 aliphatic rings. The summed E-state index contributed by atoms with van der Waals surface area (Å²) in [5.41, 5.74) is -0.343. The van der Waals surface area contributed by atoms with Gasteiger partial charge in [-0.1, -0.05) is 13.8 Å². The van der Waals surface area contributed by atoms with Crippen molar-refractivity contribution in [2.45, 2.75) is 64.5 Å². The van der Waals surface area contributed by atoms with Gasteiger partial charge in [-0.3, -0.25) is 10.2 Å². The van der Waals surface area contributed by atoms with E-state index in [-0.39, 0.29) is 5.54 Å². The van der Waals surface area contributed by atoms with Crippen molar-refractivity contribution < 1.29 is 4.74 Å². The molecule has 1 rings (SSSR count). The van der Waals surface area contributed by atoms with Crippen LogP contribution < -0.4 is 5.32 Å². The van der Waals surface area contributed by atoms with Gasteiger partial charge in [0.15, 0.2) is 0 Å². The minimum Gasteiger partial charge on any atom is -0.383 e. The largest absolute Gasteiger partial charge is 0.383 e. The lowest BCUT2D eigenvalue weighted by Gasteiger charge is -2.31. The zero-order valence-corrected chi connectivity index (χ0v) is 14.3. The second-order valence-corrected chi connectivity index (χ2v) is 6.29. The average molecular weight is 295 g/mol. The second kappa shape index (κ2) is 9.40. The summed E-state index contributed by atoms with van der Waals surface area (Å²) in [6.45, 7) is 10.2. The molecule has 1 N–H and O–H groups in total. The Kier molecular flexibility index (Phi) is 8.24. The van der Waals surface area contributed by atoms with Gasteiger partial charge in [0.25, 0.3) is 0 Å². The maximum Gasteiger partial charge on any atom is 0.106 e. The fourth-order valence-electron chi connectivity index (χ4n) is 3.09. The molecule has 4 heteroatoms. The van der Waals surface area contributed by atoms with Gasteiger partial charge >= 0.3 is 0 Å². The van der Waals surface area contributed by atoms with Gasteiger partial charge in [-0.15, -0.1) is 0 Å². The molecule has 0 spiro atoms. The first kappa shape index (κ1) is 18.4. The Bertz CT molecular complexity index is 324. The summed E-state index contributed by atoms with van der Waals surface area (Å²) < 4.78 is 5.24. The molecular formula is C17H33N3O. The summed E-state index contributed by atoms with van der Waals surface area (Å²) in [7, 11) is 1.77. The first-order valence-corrected chi connectivity index (χ1v) is 8.51. The zero-order chi connectivity index (χ0) is 15.7. The maximum atomic E-state index is 9.48. The average Bonchev–Trinajstić information content (AvgIpc) is 3.33. The molecule has 0 radical (unpaired) electrons. The Labute approximate surface area is 130 Å². The van der Waals surface area contributed by atoms with Crippen LogP contribution in [0.1, 0.15) is 52.9 Å². The minimum absolute atomic E-state index is 0.343. The lowest BCUT2D eigenvalue weighted by Crippen LogP contribution is -2.44. The summed E-state index contributed by atoms with van der Waals surface area (Å²) in [6.07, 6.45) is 5.61. The topological polar surface area (TPSA) is 48.3 Å². The third kappa shape index (κ3) is 5.94. The molecule has 2 unspecified atom stereocenters. The van der Waals surface area contributed by atoms with Crippen LogP contribution >= 0.6 is 0 Å². The molecule has 0 aromatic rings. The van der Waals surface area contributed by atoms with E-state index in [9.17, 15) is 5.26 Å². The van der Waals surface area contributed by atoms with Crippen molar-refractivity contribution in [2.24, 2.45) is 5.92 Å². The van der Waals surface area contributed by atoms with Gasteiger partial charge in [0.2, 0.25) is 0 Å². The standard InChI is InChI=1S/C17H33N3O/c1-5-17(14-18,19-6-2)10-7-11-20(12-13-21-4)15(3)16-8-9-16/h15-16,19H,5-13H2,1-4H3. The van der Waals surface area contributed by atoms with E-state index in [0.717, 1.165) is 51.4 Å². The normalized spacial score (nSPS) is 19.2. The van der Waals surface area contributed by atoms with E-state index in [1.807, 2.05) is 0 Å². The molecular weight excluding hydrogens is 262 g/mol. The number of rotatable bonds is 12. The molecule has 2 atom stereocenters. The van der Waals surface area contributed by atoms with Gasteiger partial charge in [0, 0.05) is 19.7 Å². The summed E-state index contributed by atoms with van der Waals surface area (Å²) in [5.74, 6) is 0.877. The van der Waals surface area contributed by atoms with E-state index in [2.05, 4.69) is 37.1 Å². The van der Waals surface area contributed by atoms with Gasteiger partial charge in [0.1, 0.15) is 5.54 Å². The van der Waals surface area contributed by atoms with Crippen molar-refractivity contribution in [3.05, 3.63) is 0 Å². The Morgan fingerprint density at radius 1 is 1.38 bits per heavy atom. The highest BCUT2D eigenvalue weighted by atomic mass is 16.5. The molecule has 0 bridgehead atoms. The molecule has 4 nitrogen and oxygen atoms in total. The minimum atomic E-state index is -0.343. The highest BCUT2D eigenvalue weighted by Gasteiger charge is 2.32. The molecule has 0 aromatic heterocycles. The predicted molar refractivity (Wildman–Crippen MR) is 87.2 cm³/mol. The lowest BCUT2D eigenvalue weighted by atomic mass is 9.91. The number of ether oxygens (including phenoxy) is 1. The Balaban J connectivity index is 2.45. The van der Waals surface area contributed by atoms with Crippen LogP contribution in [-0.2, 0) is 4.74 Å². The van der Waals surface area contributed by atoms with Crippen molar-refractivity contribution >= 4 is 0 Å². The van der Waals surface area contributed by atoms with Crippen LogP contribution in [0.25, 0.3) is 0 Å². The van der Waals surface area contributed by atoms with Gasteiger partial charge < -0.3 is 4.74 Å². The number of hydrogen-bond donors (Lipinski definition) is 1. The molecule has 1 aliphatic carbocycles. The fourth-order valence-corrected chi connectivity index (χ4v) is 3.09. The predicted octanol–water partition coefficient (Wildman–Crippen LogP) is 2.80. The van der Waals surface area contributed by atoms with Crippen molar-refractivity contribution in [1.82, 2.24) is 10.2 Å². The van der Waals surface area contributed by atoms with Gasteiger partial charge in [-0.2, -0.15) is 5.26 Å². The molecule has 0 saturated heterocycles. The van der Waals surface area contributed by atoms with E-state index in [1.54, 1.807) is 7.11 Å². The van der Waals surface area contributed by atoms with E-state index in [1.165, 1.54) is 12.8 Å². The molecule has 0 heterocycles. The van der Waals surface area contributed by atoms with E-state index < -0.39 is 0 Å². The van der Waals surface area contributed by atoms with Crippen LogP contribution in [0.4, 0.5) is 0 Å². The van der Waals surface area contributed by atoms with Crippen molar-refractivity contribution in [3.8, 4) is 6.07 Å². The van der Waals surface area contributed by atoms with Crippen LogP contribution in [0.2, 0.25) is 0 Å². The molecule has 21 heavy (non-hydrogen) atoms. The number of nitrogens with one attached hydrogen (secondary N) is 1. The van der Waals surface area contributed by atoms with Crippen LogP contribution in [-0.4, -0.2) is 49.8 Å². The van der Waals surface area contributed by atoms with Gasteiger partial charge in [-0.05, 0) is 58.0 Å². The second-order valence-electron chi connectivity index (χ2n) is 6.29.